The standard InChI is InChI=1S/C19H18F3NO4S/c1-17(2,14-4-3-7-28-14)10-18(26,19(20,21)22)16(25)23-12-5-6-13-11(8-12)9-27-15(13)24/h3-8,26H,9-10H2,1-2H3,(H,23,25). The van der Waals surface area contributed by atoms with Crippen LogP contribution in [-0.4, -0.2) is 28.8 Å². The average Bonchev–Trinajstić information content (AvgIpc) is 3.24. The van der Waals surface area contributed by atoms with Crippen LogP contribution in [0.4, 0.5) is 18.9 Å². The Hall–Kier alpha value is -2.39. The van der Waals surface area contributed by atoms with Crippen molar-refractivity contribution >= 4 is 28.9 Å². The maximum Gasteiger partial charge on any atom is 0.426 e. The van der Waals surface area contributed by atoms with E-state index in [0.717, 1.165) is 0 Å². The van der Waals surface area contributed by atoms with Crippen LogP contribution in [0.3, 0.4) is 0 Å². The number of aliphatic hydroxyl groups is 1. The van der Waals surface area contributed by atoms with Gasteiger partial charge < -0.3 is 15.2 Å². The van der Waals surface area contributed by atoms with Crippen molar-refractivity contribution in [3.8, 4) is 0 Å². The number of halogens is 3. The van der Waals surface area contributed by atoms with Gasteiger partial charge in [0.2, 0.25) is 5.60 Å². The second kappa shape index (κ2) is 6.89. The monoisotopic (exact) mass is 413 g/mol. The summed E-state index contributed by atoms with van der Waals surface area (Å²) in [6.45, 7) is 3.06. The first-order valence-corrected chi connectivity index (χ1v) is 9.27. The molecule has 0 radical (unpaired) electrons. The van der Waals surface area contributed by atoms with E-state index in [1.807, 2.05) is 0 Å². The van der Waals surface area contributed by atoms with Gasteiger partial charge in [-0.1, -0.05) is 19.9 Å². The van der Waals surface area contributed by atoms with Crippen LogP contribution in [0.15, 0.2) is 35.7 Å². The van der Waals surface area contributed by atoms with E-state index in [4.69, 9.17) is 4.74 Å². The van der Waals surface area contributed by atoms with Gasteiger partial charge in [-0.05, 0) is 29.6 Å². The average molecular weight is 413 g/mol. The van der Waals surface area contributed by atoms with Crippen LogP contribution in [0.2, 0.25) is 0 Å². The molecule has 150 valence electrons. The van der Waals surface area contributed by atoms with Crippen molar-refractivity contribution in [3.05, 3.63) is 51.7 Å². The predicted octanol–water partition coefficient (Wildman–Crippen LogP) is 4.02. The van der Waals surface area contributed by atoms with E-state index in [1.54, 1.807) is 31.4 Å². The van der Waals surface area contributed by atoms with Crippen molar-refractivity contribution in [1.82, 2.24) is 0 Å². The Morgan fingerprint density at radius 1 is 1.29 bits per heavy atom. The Balaban J connectivity index is 1.87. The van der Waals surface area contributed by atoms with Crippen LogP contribution in [0.25, 0.3) is 0 Å². The molecule has 9 heteroatoms. The number of anilines is 1. The van der Waals surface area contributed by atoms with Crippen molar-refractivity contribution in [2.45, 2.75) is 44.1 Å². The maximum absolute atomic E-state index is 13.7. The van der Waals surface area contributed by atoms with E-state index in [9.17, 15) is 27.9 Å². The number of nitrogens with one attached hydrogen (secondary N) is 1. The summed E-state index contributed by atoms with van der Waals surface area (Å²) < 4.78 is 46.0. The minimum Gasteiger partial charge on any atom is -0.457 e. The molecular formula is C19H18F3NO4S. The molecule has 5 nitrogen and oxygen atoms in total. The number of hydrogen-bond donors (Lipinski definition) is 2. The lowest BCUT2D eigenvalue weighted by Gasteiger charge is -2.36. The number of thiophene rings is 1. The van der Waals surface area contributed by atoms with Crippen molar-refractivity contribution in [1.29, 1.82) is 0 Å². The zero-order valence-electron chi connectivity index (χ0n) is 15.1. The summed E-state index contributed by atoms with van der Waals surface area (Å²) >= 11 is 1.25. The molecule has 0 spiro atoms. The van der Waals surface area contributed by atoms with E-state index in [2.05, 4.69) is 5.32 Å². The number of esters is 1. The molecule has 28 heavy (non-hydrogen) atoms. The van der Waals surface area contributed by atoms with Crippen LogP contribution >= 0.6 is 11.3 Å². The van der Waals surface area contributed by atoms with Gasteiger partial charge in [0.1, 0.15) is 6.61 Å². The first-order valence-electron chi connectivity index (χ1n) is 8.39. The highest BCUT2D eigenvalue weighted by molar-refractivity contribution is 7.10. The highest BCUT2D eigenvalue weighted by atomic mass is 32.1. The Morgan fingerprint density at radius 3 is 2.61 bits per heavy atom. The third-order valence-electron chi connectivity index (χ3n) is 4.67. The molecule has 3 rings (SSSR count). The van der Waals surface area contributed by atoms with Crippen molar-refractivity contribution in [2.75, 3.05) is 5.32 Å². The molecule has 0 bridgehead atoms. The van der Waals surface area contributed by atoms with Crippen LogP contribution in [-0.2, 0) is 21.6 Å². The molecule has 1 aromatic heterocycles. The molecule has 2 heterocycles. The predicted molar refractivity (Wildman–Crippen MR) is 97.2 cm³/mol. The van der Waals surface area contributed by atoms with Gasteiger partial charge in [0.25, 0.3) is 5.91 Å². The second-order valence-electron chi connectivity index (χ2n) is 7.30. The van der Waals surface area contributed by atoms with Gasteiger partial charge in [0.15, 0.2) is 0 Å². The fraction of sp³-hybridized carbons (Fsp3) is 0.368. The van der Waals surface area contributed by atoms with E-state index in [1.165, 1.54) is 29.5 Å². The fourth-order valence-electron chi connectivity index (χ4n) is 3.15. The summed E-state index contributed by atoms with van der Waals surface area (Å²) in [6.07, 6.45) is -6.02. The molecule has 2 aromatic rings. The lowest BCUT2D eigenvalue weighted by molar-refractivity contribution is -0.254. The number of carbonyl (C=O) groups is 2. The first-order chi connectivity index (χ1) is 12.9. The number of benzene rings is 1. The number of cyclic esters (lactones) is 1. The molecule has 0 saturated heterocycles. The molecule has 2 N–H and O–H groups in total. The third kappa shape index (κ3) is 3.64. The van der Waals surface area contributed by atoms with E-state index >= 15 is 0 Å². The van der Waals surface area contributed by atoms with Crippen LogP contribution < -0.4 is 5.32 Å². The Labute approximate surface area is 163 Å². The van der Waals surface area contributed by atoms with Gasteiger partial charge in [-0.25, -0.2) is 4.79 Å². The van der Waals surface area contributed by atoms with Crippen molar-refractivity contribution in [2.24, 2.45) is 0 Å². The van der Waals surface area contributed by atoms with Gasteiger partial charge in [0.05, 0.1) is 5.56 Å². The van der Waals surface area contributed by atoms with Gasteiger partial charge in [-0.3, -0.25) is 4.79 Å². The molecule has 1 aromatic carbocycles. The molecule has 1 unspecified atom stereocenters. The summed E-state index contributed by atoms with van der Waals surface area (Å²) in [4.78, 5) is 24.6. The normalized spacial score (nSPS) is 16.3. The number of amides is 1. The highest BCUT2D eigenvalue weighted by Crippen LogP contribution is 2.43. The van der Waals surface area contributed by atoms with Gasteiger partial charge >= 0.3 is 12.1 Å². The second-order valence-corrected chi connectivity index (χ2v) is 8.25. The summed E-state index contributed by atoms with van der Waals surface area (Å²) in [6, 6.07) is 7.38. The van der Waals surface area contributed by atoms with E-state index in [0.29, 0.717) is 16.0 Å². The number of hydrogen-bond acceptors (Lipinski definition) is 5. The SMILES string of the molecule is CC(C)(CC(O)(C(=O)Nc1ccc2c(c1)COC2=O)C(F)(F)F)c1cccs1. The van der Waals surface area contributed by atoms with Crippen LogP contribution in [0.5, 0.6) is 0 Å². The molecule has 0 fully saturated rings. The number of ether oxygens (including phenoxy) is 1. The van der Waals surface area contributed by atoms with E-state index in [-0.39, 0.29) is 12.3 Å². The van der Waals surface area contributed by atoms with Crippen molar-refractivity contribution in [3.63, 3.8) is 0 Å². The van der Waals surface area contributed by atoms with Gasteiger partial charge in [-0.15, -0.1) is 11.3 Å². The Kier molecular flexibility index (Phi) is 5.01. The Bertz CT molecular complexity index is 908. The Morgan fingerprint density at radius 2 is 2.00 bits per heavy atom. The fourth-order valence-corrected chi connectivity index (χ4v) is 4.00. The minimum atomic E-state index is -5.18. The molecule has 0 aliphatic carbocycles. The van der Waals surface area contributed by atoms with Crippen LogP contribution in [0, 0.1) is 0 Å². The van der Waals surface area contributed by atoms with Gasteiger partial charge in [-0.2, -0.15) is 13.2 Å². The van der Waals surface area contributed by atoms with Crippen LogP contribution in [0.1, 0.15) is 41.1 Å². The summed E-state index contributed by atoms with van der Waals surface area (Å²) in [5.74, 6) is -2.10. The summed E-state index contributed by atoms with van der Waals surface area (Å²) in [5, 5.41) is 14.3. The van der Waals surface area contributed by atoms with Crippen molar-refractivity contribution < 1.29 is 32.6 Å². The molecule has 0 saturated carbocycles. The lowest BCUT2D eigenvalue weighted by atomic mass is 9.78. The smallest absolute Gasteiger partial charge is 0.426 e. The third-order valence-corrected chi connectivity index (χ3v) is 5.91. The maximum atomic E-state index is 13.7. The number of carbonyl (C=O) groups excluding carboxylic acids is 2. The minimum absolute atomic E-state index is 0.0210. The molecule has 1 aliphatic heterocycles. The molecular weight excluding hydrogens is 395 g/mol. The molecule has 1 atom stereocenters. The topological polar surface area (TPSA) is 75.6 Å². The van der Waals surface area contributed by atoms with Gasteiger partial charge in [0, 0.05) is 28.0 Å². The molecule has 1 amide bonds. The largest absolute Gasteiger partial charge is 0.457 e. The molecule has 1 aliphatic rings. The lowest BCUT2D eigenvalue weighted by Crippen LogP contribution is -2.57. The highest BCUT2D eigenvalue weighted by Gasteiger charge is 2.61. The first kappa shape index (κ1) is 20.3. The summed E-state index contributed by atoms with van der Waals surface area (Å²) in [7, 11) is 0. The number of rotatable bonds is 5. The number of alkyl halides is 3. The quantitative estimate of drug-likeness (QED) is 0.726. The zero-order chi connectivity index (χ0) is 20.7. The zero-order valence-corrected chi connectivity index (χ0v) is 15.9. The number of fused-ring (bicyclic) bond motifs is 1. The van der Waals surface area contributed by atoms with E-state index < -0.39 is 35.5 Å². The summed E-state index contributed by atoms with van der Waals surface area (Å²) in [5.41, 5.74) is -3.89.